The molecule has 0 aliphatic carbocycles. The second-order valence-electron chi connectivity index (χ2n) is 6.41. The van der Waals surface area contributed by atoms with Crippen LogP contribution < -0.4 is 5.73 Å². The number of H-pyrrole nitrogens is 1. The summed E-state index contributed by atoms with van der Waals surface area (Å²) >= 11 is 0. The monoisotopic (exact) mass is 390 g/mol. The van der Waals surface area contributed by atoms with Gasteiger partial charge in [-0.05, 0) is 32.0 Å². The maximum Gasteiger partial charge on any atom is 0.317 e. The number of aliphatic carboxylic acids is 1. The first-order chi connectivity index (χ1) is 13.4. The predicted octanol–water partition coefficient (Wildman–Crippen LogP) is 2.44. The second-order valence-corrected chi connectivity index (χ2v) is 6.41. The molecule has 0 atom stereocenters. The summed E-state index contributed by atoms with van der Waals surface area (Å²) in [4.78, 5) is 26.6. The molecule has 0 radical (unpaired) electrons. The highest BCUT2D eigenvalue weighted by atomic mass is 19.1. The Morgan fingerprint density at radius 2 is 1.96 bits per heavy atom. The van der Waals surface area contributed by atoms with Crippen LogP contribution in [0.2, 0.25) is 0 Å². The molecule has 4 heterocycles. The quantitative estimate of drug-likeness (QED) is 0.628. The molecule has 0 aromatic carbocycles. The molecule has 3 aromatic heterocycles. The molecule has 28 heavy (non-hydrogen) atoms. The van der Waals surface area contributed by atoms with E-state index in [1.54, 1.807) is 6.20 Å². The van der Waals surface area contributed by atoms with E-state index in [4.69, 9.17) is 10.8 Å². The van der Waals surface area contributed by atoms with Crippen LogP contribution in [0.4, 0.5) is 14.6 Å². The molecule has 4 rings (SSSR count). The van der Waals surface area contributed by atoms with Crippen LogP contribution in [0.3, 0.4) is 0 Å². The molecular weight excluding hydrogens is 370 g/mol. The molecule has 10 heteroatoms. The van der Waals surface area contributed by atoms with Crippen LogP contribution in [0, 0.1) is 11.6 Å². The topological polar surface area (TPSA) is 121 Å². The zero-order valence-electron chi connectivity index (χ0n) is 15.0. The summed E-state index contributed by atoms with van der Waals surface area (Å²) in [5, 5.41) is 8.94. The molecule has 3 aromatic rings. The zero-order chi connectivity index (χ0) is 20.1. The summed E-state index contributed by atoms with van der Waals surface area (Å²) in [7, 11) is 0. The predicted molar refractivity (Wildman–Crippen MR) is 99.4 cm³/mol. The van der Waals surface area contributed by atoms with Gasteiger partial charge >= 0.3 is 5.97 Å². The number of aromatic nitrogens is 4. The second kappa shape index (κ2) is 8.70. The van der Waals surface area contributed by atoms with Gasteiger partial charge in [0.25, 0.3) is 0 Å². The highest BCUT2D eigenvalue weighted by Gasteiger charge is 2.13. The Bertz CT molecular complexity index is 972. The summed E-state index contributed by atoms with van der Waals surface area (Å²) in [5.74, 6) is -1.91. The van der Waals surface area contributed by atoms with Crippen LogP contribution in [-0.2, 0) is 4.79 Å². The maximum absolute atomic E-state index is 13.2. The van der Waals surface area contributed by atoms with E-state index in [2.05, 4.69) is 19.9 Å². The Morgan fingerprint density at radius 1 is 1.21 bits per heavy atom. The van der Waals surface area contributed by atoms with Gasteiger partial charge in [-0.1, -0.05) is 6.42 Å². The van der Waals surface area contributed by atoms with Crippen LogP contribution in [0.1, 0.15) is 19.3 Å². The normalized spacial score (nSPS) is 14.5. The number of nitrogen functional groups attached to an aromatic ring is 1. The number of piperidine rings is 1. The molecule has 148 valence electrons. The third-order valence-electron chi connectivity index (χ3n) is 4.32. The third-order valence-corrected chi connectivity index (χ3v) is 4.32. The summed E-state index contributed by atoms with van der Waals surface area (Å²) in [6.45, 7) is 2.15. The van der Waals surface area contributed by atoms with Crippen molar-refractivity contribution in [2.24, 2.45) is 0 Å². The van der Waals surface area contributed by atoms with Crippen molar-refractivity contribution in [3.8, 4) is 11.4 Å². The molecule has 1 fully saturated rings. The van der Waals surface area contributed by atoms with Crippen LogP contribution in [-0.4, -0.2) is 55.5 Å². The number of anilines is 1. The van der Waals surface area contributed by atoms with Gasteiger partial charge in [0.2, 0.25) is 0 Å². The van der Waals surface area contributed by atoms with Crippen molar-refractivity contribution in [2.45, 2.75) is 19.3 Å². The van der Waals surface area contributed by atoms with E-state index in [1.807, 2.05) is 4.90 Å². The SMILES string of the molecule is Nc1nc(-c2c[nH]c3ncc(F)cc23)ncc1F.O=C(O)CN1CCCCC1. The van der Waals surface area contributed by atoms with Gasteiger partial charge in [-0.2, -0.15) is 0 Å². The molecule has 1 aliphatic rings. The summed E-state index contributed by atoms with van der Waals surface area (Å²) in [6.07, 6.45) is 7.23. The minimum atomic E-state index is -0.707. The largest absolute Gasteiger partial charge is 0.480 e. The Balaban J connectivity index is 0.000000192. The van der Waals surface area contributed by atoms with Gasteiger partial charge in [0.05, 0.1) is 18.9 Å². The lowest BCUT2D eigenvalue weighted by Gasteiger charge is -2.24. The molecule has 0 unspecified atom stereocenters. The smallest absolute Gasteiger partial charge is 0.317 e. The Morgan fingerprint density at radius 3 is 2.64 bits per heavy atom. The summed E-state index contributed by atoms with van der Waals surface area (Å²) < 4.78 is 26.1. The molecule has 1 saturated heterocycles. The Labute approximate surface area is 159 Å². The van der Waals surface area contributed by atoms with Crippen molar-refractivity contribution in [3.05, 3.63) is 36.3 Å². The number of halogens is 2. The number of fused-ring (bicyclic) bond motifs is 1. The lowest BCUT2D eigenvalue weighted by molar-refractivity contribution is -0.138. The van der Waals surface area contributed by atoms with E-state index < -0.39 is 17.6 Å². The number of carboxylic acid groups (broad SMARTS) is 1. The number of aromatic amines is 1. The van der Waals surface area contributed by atoms with Gasteiger partial charge in [0.15, 0.2) is 17.5 Å². The number of nitrogens with two attached hydrogens (primary N) is 1. The van der Waals surface area contributed by atoms with Gasteiger partial charge in [-0.3, -0.25) is 9.69 Å². The van der Waals surface area contributed by atoms with E-state index in [0.29, 0.717) is 16.6 Å². The Kier molecular flexibility index (Phi) is 6.09. The van der Waals surface area contributed by atoms with E-state index >= 15 is 0 Å². The van der Waals surface area contributed by atoms with E-state index in [-0.39, 0.29) is 18.2 Å². The first-order valence-corrected chi connectivity index (χ1v) is 8.79. The molecule has 0 saturated carbocycles. The first-order valence-electron chi connectivity index (χ1n) is 8.79. The molecule has 0 bridgehead atoms. The molecule has 8 nitrogen and oxygen atoms in total. The number of pyridine rings is 1. The number of rotatable bonds is 3. The van der Waals surface area contributed by atoms with Crippen LogP contribution >= 0.6 is 0 Å². The van der Waals surface area contributed by atoms with Crippen molar-refractivity contribution in [1.82, 2.24) is 24.8 Å². The number of nitrogens with zero attached hydrogens (tertiary/aromatic N) is 4. The molecule has 4 N–H and O–H groups in total. The van der Waals surface area contributed by atoms with Crippen molar-refractivity contribution in [3.63, 3.8) is 0 Å². The van der Waals surface area contributed by atoms with Crippen molar-refractivity contribution < 1.29 is 18.7 Å². The van der Waals surface area contributed by atoms with Gasteiger partial charge in [-0.25, -0.2) is 23.7 Å². The molecule has 0 spiro atoms. The van der Waals surface area contributed by atoms with E-state index in [0.717, 1.165) is 38.3 Å². The minimum absolute atomic E-state index is 0.215. The maximum atomic E-state index is 13.2. The lowest BCUT2D eigenvalue weighted by Crippen LogP contribution is -2.34. The fourth-order valence-corrected chi connectivity index (χ4v) is 2.98. The van der Waals surface area contributed by atoms with Crippen LogP contribution in [0.15, 0.2) is 24.7 Å². The summed E-state index contributed by atoms with van der Waals surface area (Å²) in [5.41, 5.74) is 6.39. The number of hydrogen-bond donors (Lipinski definition) is 3. The zero-order valence-corrected chi connectivity index (χ0v) is 15.0. The van der Waals surface area contributed by atoms with Gasteiger partial charge in [0.1, 0.15) is 11.5 Å². The first kappa shape index (κ1) is 19.6. The lowest BCUT2D eigenvalue weighted by atomic mass is 10.1. The standard InChI is InChI=1S/C11H7F2N5.C7H13NO2/c12-5-1-6-7(3-16-10(6)15-2-5)11-17-4-8(13)9(14)18-11;9-7(10)6-8-4-2-1-3-5-8/h1-4H,(H,15,16)(H2,14,17,18);1-6H2,(H,9,10). The van der Waals surface area contributed by atoms with Gasteiger partial charge in [-0.15, -0.1) is 0 Å². The number of hydrogen-bond acceptors (Lipinski definition) is 6. The average molecular weight is 390 g/mol. The highest BCUT2D eigenvalue weighted by Crippen LogP contribution is 2.26. The number of likely N-dealkylation sites (tertiary alicyclic amines) is 1. The minimum Gasteiger partial charge on any atom is -0.480 e. The highest BCUT2D eigenvalue weighted by molar-refractivity contribution is 5.91. The van der Waals surface area contributed by atoms with Crippen LogP contribution in [0.5, 0.6) is 0 Å². The average Bonchev–Trinajstić information content (AvgIpc) is 3.08. The fraction of sp³-hybridized carbons (Fsp3) is 0.333. The fourth-order valence-electron chi connectivity index (χ4n) is 2.98. The van der Waals surface area contributed by atoms with Gasteiger partial charge < -0.3 is 15.8 Å². The van der Waals surface area contributed by atoms with Crippen molar-refractivity contribution in [2.75, 3.05) is 25.4 Å². The van der Waals surface area contributed by atoms with E-state index in [1.165, 1.54) is 12.5 Å². The van der Waals surface area contributed by atoms with Crippen LogP contribution in [0.25, 0.3) is 22.4 Å². The van der Waals surface area contributed by atoms with Gasteiger partial charge in [0, 0.05) is 17.1 Å². The number of carboxylic acids is 1. The third kappa shape index (κ3) is 4.77. The van der Waals surface area contributed by atoms with Crippen molar-refractivity contribution >= 4 is 22.8 Å². The molecule has 1 aliphatic heterocycles. The summed E-state index contributed by atoms with van der Waals surface area (Å²) in [6, 6.07) is 1.30. The molecular formula is C18H20F2N6O2. The number of nitrogens with one attached hydrogen (secondary N) is 1. The number of carbonyl (C=O) groups is 1. The van der Waals surface area contributed by atoms with E-state index in [9.17, 15) is 13.6 Å². The Hall–Kier alpha value is -3.14. The molecule has 0 amide bonds. The van der Waals surface area contributed by atoms with Crippen molar-refractivity contribution in [1.29, 1.82) is 0 Å².